The Balaban J connectivity index is 2.53. The van der Waals surface area contributed by atoms with Crippen LogP contribution in [0.1, 0.15) is 17.3 Å². The lowest BCUT2D eigenvalue weighted by Gasteiger charge is -2.09. The zero-order chi connectivity index (χ0) is 12.1. The number of carbonyl (C=O) groups is 1. The van der Waals surface area contributed by atoms with Crippen molar-refractivity contribution in [3.63, 3.8) is 0 Å². The molecule has 0 spiro atoms. The first-order valence-corrected chi connectivity index (χ1v) is 6.49. The second-order valence-corrected chi connectivity index (χ2v) is 5.33. The summed E-state index contributed by atoms with van der Waals surface area (Å²) in [4.78, 5) is 11.6. The Kier molecular flexibility index (Phi) is 4.61. The van der Waals surface area contributed by atoms with Crippen LogP contribution in [0.5, 0.6) is 0 Å². The summed E-state index contributed by atoms with van der Waals surface area (Å²) in [5, 5.41) is 2.55. The molecule has 5 heteroatoms. The Bertz CT molecular complexity index is 391. The van der Waals surface area contributed by atoms with Gasteiger partial charge in [0.1, 0.15) is 5.82 Å². The molecule has 0 saturated carbocycles. The van der Waals surface area contributed by atoms with Gasteiger partial charge < -0.3 is 5.32 Å². The number of carbonyl (C=O) groups excluding carboxylic acids is 1. The maximum Gasteiger partial charge on any atom is 0.251 e. The van der Waals surface area contributed by atoms with Crippen molar-refractivity contribution >= 4 is 16.7 Å². The van der Waals surface area contributed by atoms with Gasteiger partial charge in [-0.3, -0.25) is 9.00 Å². The molecule has 1 N–H and O–H groups in total. The Labute approximate surface area is 96.5 Å². The number of benzene rings is 1. The third kappa shape index (κ3) is 3.73. The normalized spacial score (nSPS) is 14.2. The maximum absolute atomic E-state index is 12.6. The fourth-order valence-corrected chi connectivity index (χ4v) is 1.38. The van der Waals surface area contributed by atoms with Gasteiger partial charge in [-0.15, -0.1) is 0 Å². The van der Waals surface area contributed by atoms with E-state index in [-0.39, 0.29) is 17.0 Å². The summed E-state index contributed by atoms with van der Waals surface area (Å²) in [5.41, 5.74) is 0.399. The van der Waals surface area contributed by atoms with Gasteiger partial charge >= 0.3 is 0 Å². The van der Waals surface area contributed by atoms with E-state index in [0.717, 1.165) is 0 Å². The monoisotopic (exact) mass is 243 g/mol. The van der Waals surface area contributed by atoms with Crippen molar-refractivity contribution in [3.8, 4) is 0 Å². The van der Waals surface area contributed by atoms with E-state index >= 15 is 0 Å². The van der Waals surface area contributed by atoms with Crippen molar-refractivity contribution in [3.05, 3.63) is 35.6 Å². The Hall–Kier alpha value is -1.23. The van der Waals surface area contributed by atoms with E-state index in [1.807, 2.05) is 0 Å². The van der Waals surface area contributed by atoms with Gasteiger partial charge in [-0.05, 0) is 31.2 Å². The Morgan fingerprint density at radius 3 is 2.50 bits per heavy atom. The van der Waals surface area contributed by atoms with Crippen LogP contribution in [-0.2, 0) is 10.8 Å². The van der Waals surface area contributed by atoms with Crippen LogP contribution in [0.2, 0.25) is 0 Å². The highest BCUT2D eigenvalue weighted by atomic mass is 32.2. The first kappa shape index (κ1) is 12.8. The molecule has 0 aliphatic carbocycles. The molecule has 0 aromatic heterocycles. The molecule has 0 heterocycles. The lowest BCUT2D eigenvalue weighted by atomic mass is 10.2. The van der Waals surface area contributed by atoms with Crippen molar-refractivity contribution in [2.24, 2.45) is 0 Å². The molecule has 88 valence electrons. The minimum atomic E-state index is -0.962. The van der Waals surface area contributed by atoms with E-state index < -0.39 is 10.8 Å². The summed E-state index contributed by atoms with van der Waals surface area (Å²) in [6.45, 7) is 2.14. The summed E-state index contributed by atoms with van der Waals surface area (Å²) in [5.74, 6) is -0.656. The largest absolute Gasteiger partial charge is 0.351 e. The Morgan fingerprint density at radius 2 is 2.00 bits per heavy atom. The summed E-state index contributed by atoms with van der Waals surface area (Å²) in [6, 6.07) is 5.29. The molecule has 0 fully saturated rings. The molecule has 0 bridgehead atoms. The molecule has 0 aliphatic heterocycles. The summed E-state index contributed by atoms with van der Waals surface area (Å²) >= 11 is 0. The molecule has 3 nitrogen and oxygen atoms in total. The molecule has 2 atom stereocenters. The molecule has 1 aromatic carbocycles. The molecular formula is C11H14FNO2S. The highest BCUT2D eigenvalue weighted by molar-refractivity contribution is 7.84. The van der Waals surface area contributed by atoms with Gasteiger partial charge in [0, 0.05) is 34.4 Å². The van der Waals surface area contributed by atoms with Gasteiger partial charge in [0.05, 0.1) is 0 Å². The molecule has 0 radical (unpaired) electrons. The predicted octanol–water partition coefficient (Wildman–Crippen LogP) is 1.32. The molecule has 1 aromatic rings. The number of rotatable bonds is 4. The fourth-order valence-electron chi connectivity index (χ4n) is 1.06. The second kappa shape index (κ2) is 5.75. The summed E-state index contributed by atoms with van der Waals surface area (Å²) < 4.78 is 23.6. The first-order chi connectivity index (χ1) is 7.50. The number of nitrogens with one attached hydrogen (secondary N) is 1. The van der Waals surface area contributed by atoms with Crippen molar-refractivity contribution < 1.29 is 13.4 Å². The van der Waals surface area contributed by atoms with E-state index in [1.165, 1.54) is 24.3 Å². The van der Waals surface area contributed by atoms with E-state index in [1.54, 1.807) is 13.2 Å². The van der Waals surface area contributed by atoms with Crippen LogP contribution in [0.15, 0.2) is 24.3 Å². The van der Waals surface area contributed by atoms with Crippen LogP contribution in [0.4, 0.5) is 4.39 Å². The first-order valence-electron chi connectivity index (χ1n) is 4.86. The van der Waals surface area contributed by atoms with Crippen molar-refractivity contribution in [1.29, 1.82) is 0 Å². The lowest BCUT2D eigenvalue weighted by Crippen LogP contribution is -2.32. The van der Waals surface area contributed by atoms with Crippen molar-refractivity contribution in [1.82, 2.24) is 5.32 Å². The molecule has 1 amide bonds. The van der Waals surface area contributed by atoms with Crippen LogP contribution >= 0.6 is 0 Å². The van der Waals surface area contributed by atoms with E-state index in [9.17, 15) is 13.4 Å². The minimum absolute atomic E-state index is 0.0931. The average Bonchev–Trinajstić information content (AvgIpc) is 2.26. The van der Waals surface area contributed by atoms with Crippen LogP contribution in [0.3, 0.4) is 0 Å². The van der Waals surface area contributed by atoms with E-state index in [2.05, 4.69) is 5.32 Å². The molecule has 16 heavy (non-hydrogen) atoms. The molecule has 1 rings (SSSR count). The standard InChI is InChI=1S/C11H14FNO2S/c1-8(16(2)15)7-13-11(14)9-3-5-10(12)6-4-9/h3-6,8H,7H2,1-2H3,(H,13,14). The van der Waals surface area contributed by atoms with Gasteiger partial charge in [-0.1, -0.05) is 0 Å². The number of hydrogen-bond donors (Lipinski definition) is 1. The van der Waals surface area contributed by atoms with Gasteiger partial charge in [0.15, 0.2) is 0 Å². The van der Waals surface area contributed by atoms with Crippen LogP contribution < -0.4 is 5.32 Å². The fraction of sp³-hybridized carbons (Fsp3) is 0.364. The van der Waals surface area contributed by atoms with Gasteiger partial charge in [0.2, 0.25) is 0 Å². The summed E-state index contributed by atoms with van der Waals surface area (Å²) in [6.07, 6.45) is 1.59. The Morgan fingerprint density at radius 1 is 1.44 bits per heavy atom. The average molecular weight is 243 g/mol. The van der Waals surface area contributed by atoms with E-state index in [0.29, 0.717) is 12.1 Å². The number of amides is 1. The number of halogens is 1. The highest BCUT2D eigenvalue weighted by Crippen LogP contribution is 2.02. The lowest BCUT2D eigenvalue weighted by molar-refractivity contribution is 0.0954. The highest BCUT2D eigenvalue weighted by Gasteiger charge is 2.09. The molecular weight excluding hydrogens is 229 g/mol. The molecule has 0 saturated heterocycles. The van der Waals surface area contributed by atoms with Crippen LogP contribution in [-0.4, -0.2) is 28.2 Å². The topological polar surface area (TPSA) is 46.2 Å². The quantitative estimate of drug-likeness (QED) is 0.867. The van der Waals surface area contributed by atoms with Gasteiger partial charge in [0.25, 0.3) is 5.91 Å². The van der Waals surface area contributed by atoms with Crippen molar-refractivity contribution in [2.45, 2.75) is 12.2 Å². The zero-order valence-corrected chi connectivity index (χ0v) is 10.0. The van der Waals surface area contributed by atoms with Gasteiger partial charge in [-0.25, -0.2) is 4.39 Å². The second-order valence-electron chi connectivity index (χ2n) is 3.53. The third-order valence-corrected chi connectivity index (χ3v) is 3.52. The predicted molar refractivity (Wildman–Crippen MR) is 62.3 cm³/mol. The van der Waals surface area contributed by atoms with Crippen LogP contribution in [0, 0.1) is 5.82 Å². The zero-order valence-electron chi connectivity index (χ0n) is 9.20. The summed E-state index contributed by atoms with van der Waals surface area (Å²) in [7, 11) is -0.962. The van der Waals surface area contributed by atoms with Gasteiger partial charge in [-0.2, -0.15) is 0 Å². The maximum atomic E-state index is 12.6. The SMILES string of the molecule is CC(CNC(=O)c1ccc(F)cc1)S(C)=O. The third-order valence-electron chi connectivity index (χ3n) is 2.22. The molecule has 2 unspecified atom stereocenters. The minimum Gasteiger partial charge on any atom is -0.351 e. The van der Waals surface area contributed by atoms with E-state index in [4.69, 9.17) is 0 Å². The molecule has 0 aliphatic rings. The van der Waals surface area contributed by atoms with Crippen LogP contribution in [0.25, 0.3) is 0 Å². The number of hydrogen-bond acceptors (Lipinski definition) is 2. The van der Waals surface area contributed by atoms with Crippen molar-refractivity contribution in [2.75, 3.05) is 12.8 Å². The smallest absolute Gasteiger partial charge is 0.251 e.